The molecule has 1 aliphatic carbocycles. The van der Waals surface area contributed by atoms with Crippen LogP contribution in [0.1, 0.15) is 38.9 Å². The van der Waals surface area contributed by atoms with E-state index in [4.69, 9.17) is 0 Å². The maximum atomic E-state index is 12.3. The Hall–Kier alpha value is -1.90. The van der Waals surface area contributed by atoms with Gasteiger partial charge in [-0.25, -0.2) is 4.68 Å². The van der Waals surface area contributed by atoms with Gasteiger partial charge in [0.2, 0.25) is 0 Å². The van der Waals surface area contributed by atoms with Gasteiger partial charge in [0.25, 0.3) is 5.56 Å². The van der Waals surface area contributed by atoms with Gasteiger partial charge in [-0.15, -0.1) is 0 Å². The van der Waals surface area contributed by atoms with Gasteiger partial charge in [0.05, 0.1) is 12.7 Å². The Morgan fingerprint density at radius 1 is 1.10 bits per heavy atom. The highest BCUT2D eigenvalue weighted by Gasteiger charge is 2.19. The fraction of sp³-hybridized carbons (Fsp3) is 0.412. The van der Waals surface area contributed by atoms with E-state index < -0.39 is 0 Å². The molecule has 0 atom stereocenters. The molecule has 1 heterocycles. The van der Waals surface area contributed by atoms with Crippen LogP contribution in [0.15, 0.2) is 17.1 Å². The first kappa shape index (κ1) is 13.1. The number of benzene rings is 1. The Bertz CT molecular complexity index is 757. The number of aromatic nitrogens is 2. The van der Waals surface area contributed by atoms with Crippen molar-refractivity contribution in [2.75, 3.05) is 0 Å². The maximum Gasteiger partial charge on any atom is 0.270 e. The zero-order valence-corrected chi connectivity index (χ0v) is 12.6. The van der Waals surface area contributed by atoms with Crippen LogP contribution >= 0.6 is 0 Å². The average molecular weight is 268 g/mol. The topological polar surface area (TPSA) is 34.9 Å². The third-order valence-corrected chi connectivity index (χ3v) is 4.79. The van der Waals surface area contributed by atoms with Gasteiger partial charge < -0.3 is 0 Å². The van der Waals surface area contributed by atoms with Gasteiger partial charge in [-0.3, -0.25) is 4.79 Å². The first-order valence-electron chi connectivity index (χ1n) is 7.13. The van der Waals surface area contributed by atoms with Crippen molar-refractivity contribution in [1.29, 1.82) is 0 Å². The lowest BCUT2D eigenvalue weighted by Crippen LogP contribution is -2.32. The lowest BCUT2D eigenvalue weighted by Gasteiger charge is -2.19. The van der Waals surface area contributed by atoms with E-state index in [0.717, 1.165) is 24.0 Å². The number of aryl methyl sites for hydroxylation is 2. The summed E-state index contributed by atoms with van der Waals surface area (Å²) >= 11 is 0. The van der Waals surface area contributed by atoms with Gasteiger partial charge in [0, 0.05) is 5.56 Å². The molecule has 1 aromatic carbocycles. The van der Waals surface area contributed by atoms with Crippen molar-refractivity contribution in [2.45, 2.75) is 47.1 Å². The zero-order chi connectivity index (χ0) is 14.4. The molecule has 2 aromatic rings. The normalized spacial score (nSPS) is 13.0. The summed E-state index contributed by atoms with van der Waals surface area (Å²) in [7, 11) is 0. The number of fused-ring (bicyclic) bond motifs is 1. The van der Waals surface area contributed by atoms with E-state index in [0.29, 0.717) is 6.54 Å². The average Bonchev–Trinajstić information content (AvgIpc) is 2.38. The minimum Gasteiger partial charge on any atom is -0.267 e. The highest BCUT2D eigenvalue weighted by Crippen LogP contribution is 2.22. The van der Waals surface area contributed by atoms with Crippen LogP contribution in [0, 0.1) is 27.7 Å². The van der Waals surface area contributed by atoms with Crippen molar-refractivity contribution in [1.82, 2.24) is 9.78 Å². The second-order valence-electron chi connectivity index (χ2n) is 5.84. The molecule has 20 heavy (non-hydrogen) atoms. The van der Waals surface area contributed by atoms with E-state index >= 15 is 0 Å². The fourth-order valence-corrected chi connectivity index (χ4v) is 2.86. The van der Waals surface area contributed by atoms with Crippen molar-refractivity contribution < 1.29 is 0 Å². The van der Waals surface area contributed by atoms with Gasteiger partial charge in [0.1, 0.15) is 0 Å². The summed E-state index contributed by atoms with van der Waals surface area (Å²) in [4.78, 5) is 12.3. The van der Waals surface area contributed by atoms with Crippen LogP contribution in [0.25, 0.3) is 0 Å². The molecule has 0 aliphatic heterocycles. The lowest BCUT2D eigenvalue weighted by molar-refractivity contribution is 0.601. The Kier molecular flexibility index (Phi) is 3.00. The first-order chi connectivity index (χ1) is 9.49. The minimum atomic E-state index is 0.0871. The van der Waals surface area contributed by atoms with Crippen LogP contribution in [0.4, 0.5) is 0 Å². The van der Waals surface area contributed by atoms with Gasteiger partial charge in [-0.1, -0.05) is 6.07 Å². The molecular weight excluding hydrogens is 248 g/mol. The lowest BCUT2D eigenvalue weighted by atomic mass is 9.91. The predicted molar refractivity (Wildman–Crippen MR) is 80.4 cm³/mol. The Morgan fingerprint density at radius 3 is 2.50 bits per heavy atom. The molecule has 3 nitrogen and oxygen atoms in total. The third kappa shape index (κ3) is 1.89. The van der Waals surface area contributed by atoms with Crippen LogP contribution in [-0.4, -0.2) is 9.78 Å². The van der Waals surface area contributed by atoms with Crippen molar-refractivity contribution >= 4 is 0 Å². The molecule has 1 aliphatic rings. The van der Waals surface area contributed by atoms with Crippen LogP contribution in [-0.2, 0) is 19.4 Å². The summed E-state index contributed by atoms with van der Waals surface area (Å²) in [5.74, 6) is 0. The highest BCUT2D eigenvalue weighted by atomic mass is 16.1. The van der Waals surface area contributed by atoms with Crippen LogP contribution in [0.5, 0.6) is 0 Å². The van der Waals surface area contributed by atoms with E-state index in [1.54, 1.807) is 4.68 Å². The van der Waals surface area contributed by atoms with Crippen molar-refractivity contribution in [2.24, 2.45) is 0 Å². The number of rotatable bonds is 2. The van der Waals surface area contributed by atoms with E-state index in [1.807, 2.05) is 6.20 Å². The monoisotopic (exact) mass is 268 g/mol. The largest absolute Gasteiger partial charge is 0.270 e. The molecule has 0 saturated carbocycles. The van der Waals surface area contributed by atoms with Gasteiger partial charge in [0.15, 0.2) is 0 Å². The fourth-order valence-electron chi connectivity index (χ4n) is 2.86. The molecule has 3 heteroatoms. The second-order valence-corrected chi connectivity index (χ2v) is 5.84. The Labute approximate surface area is 119 Å². The Balaban J connectivity index is 2.04. The molecule has 0 unspecified atom stereocenters. The zero-order valence-electron chi connectivity index (χ0n) is 12.6. The standard InChI is InChI=1S/C17H20N2O/c1-10-7-15(13(4)12(3)11(10)2)9-19-17(20)16-6-5-14(16)8-18-19/h7-8H,5-6,9H2,1-4H3. The quantitative estimate of drug-likeness (QED) is 0.839. The van der Waals surface area contributed by atoms with E-state index in [9.17, 15) is 4.79 Å². The second kappa shape index (κ2) is 4.58. The predicted octanol–water partition coefficient (Wildman–Crippen LogP) is 2.62. The third-order valence-electron chi connectivity index (χ3n) is 4.79. The molecule has 0 bridgehead atoms. The summed E-state index contributed by atoms with van der Waals surface area (Å²) in [6, 6.07) is 2.19. The van der Waals surface area contributed by atoms with Crippen molar-refractivity contribution in [3.05, 3.63) is 61.6 Å². The summed E-state index contributed by atoms with van der Waals surface area (Å²) in [5.41, 5.74) is 8.56. The SMILES string of the molecule is Cc1cc(Cn2ncc3c(c2=O)CC3)c(C)c(C)c1C. The molecule has 0 spiro atoms. The molecule has 104 valence electrons. The van der Waals surface area contributed by atoms with E-state index in [-0.39, 0.29) is 5.56 Å². The summed E-state index contributed by atoms with van der Waals surface area (Å²) < 4.78 is 1.61. The molecule has 0 radical (unpaired) electrons. The summed E-state index contributed by atoms with van der Waals surface area (Å²) in [6.45, 7) is 9.12. The van der Waals surface area contributed by atoms with Crippen molar-refractivity contribution in [3.8, 4) is 0 Å². The van der Waals surface area contributed by atoms with Crippen LogP contribution < -0.4 is 5.56 Å². The first-order valence-corrected chi connectivity index (χ1v) is 7.13. The van der Waals surface area contributed by atoms with Gasteiger partial charge >= 0.3 is 0 Å². The molecule has 1 aromatic heterocycles. The van der Waals surface area contributed by atoms with E-state index in [2.05, 4.69) is 38.9 Å². The number of hydrogen-bond acceptors (Lipinski definition) is 2. The molecule has 0 saturated heterocycles. The van der Waals surface area contributed by atoms with Crippen molar-refractivity contribution in [3.63, 3.8) is 0 Å². The minimum absolute atomic E-state index is 0.0871. The van der Waals surface area contributed by atoms with Gasteiger partial charge in [-0.2, -0.15) is 5.10 Å². The molecule has 0 amide bonds. The number of hydrogen-bond donors (Lipinski definition) is 0. The molecule has 0 fully saturated rings. The van der Waals surface area contributed by atoms with E-state index in [1.165, 1.54) is 27.8 Å². The van der Waals surface area contributed by atoms with Gasteiger partial charge in [-0.05, 0) is 73.9 Å². The highest BCUT2D eigenvalue weighted by molar-refractivity contribution is 5.43. The molecular formula is C17H20N2O. The van der Waals surface area contributed by atoms with Crippen LogP contribution in [0.3, 0.4) is 0 Å². The smallest absolute Gasteiger partial charge is 0.267 e. The number of nitrogens with zero attached hydrogens (tertiary/aromatic N) is 2. The summed E-state index contributed by atoms with van der Waals surface area (Å²) in [6.07, 6.45) is 3.76. The molecule has 0 N–H and O–H groups in total. The van der Waals surface area contributed by atoms with Crippen LogP contribution in [0.2, 0.25) is 0 Å². The Morgan fingerprint density at radius 2 is 1.85 bits per heavy atom. The molecule has 3 rings (SSSR count). The summed E-state index contributed by atoms with van der Waals surface area (Å²) in [5, 5.41) is 4.31. The maximum absolute atomic E-state index is 12.3.